The van der Waals surface area contributed by atoms with Crippen LogP contribution in [0.3, 0.4) is 0 Å². The molecule has 1 aliphatic heterocycles. The van der Waals surface area contributed by atoms with Crippen LogP contribution in [0.25, 0.3) is 10.7 Å². The van der Waals surface area contributed by atoms with Gasteiger partial charge in [0.05, 0.1) is 21.7 Å². The molecule has 0 saturated heterocycles. The molecule has 1 aromatic carbocycles. The number of alkyl halides is 3. The highest BCUT2D eigenvalue weighted by molar-refractivity contribution is 7.13. The Balaban J connectivity index is 1.51. The third-order valence-corrected chi connectivity index (χ3v) is 5.47. The Kier molecular flexibility index (Phi) is 4.61. The number of halogens is 3. The predicted molar refractivity (Wildman–Crippen MR) is 97.4 cm³/mol. The molecule has 0 bridgehead atoms. The van der Waals surface area contributed by atoms with Crippen LogP contribution in [0.15, 0.2) is 46.6 Å². The van der Waals surface area contributed by atoms with Crippen LogP contribution in [0.1, 0.15) is 22.4 Å². The van der Waals surface area contributed by atoms with Gasteiger partial charge < -0.3 is 4.98 Å². The standard InChI is InChI=1S/C19H16F3N3OS/c20-19(21,22)13-5-3-12(4-6-13)10-25-8-7-15-14(11-25)18(26)24-17(23-15)16-2-1-9-27-16/h1-6,9H,7-8,10-11H2,(H,23,24,26). The van der Waals surface area contributed by atoms with Crippen LogP contribution in [0, 0.1) is 0 Å². The van der Waals surface area contributed by atoms with E-state index in [9.17, 15) is 18.0 Å². The lowest BCUT2D eigenvalue weighted by Gasteiger charge is -2.27. The van der Waals surface area contributed by atoms with Crippen LogP contribution in [0.2, 0.25) is 0 Å². The molecule has 140 valence electrons. The lowest BCUT2D eigenvalue weighted by atomic mass is 10.1. The molecule has 0 aliphatic carbocycles. The Morgan fingerprint density at radius 1 is 1.19 bits per heavy atom. The van der Waals surface area contributed by atoms with Gasteiger partial charge in [-0.2, -0.15) is 13.2 Å². The molecule has 2 aromatic heterocycles. The van der Waals surface area contributed by atoms with E-state index in [1.165, 1.54) is 23.5 Å². The average Bonchev–Trinajstić information content (AvgIpc) is 3.16. The van der Waals surface area contributed by atoms with E-state index in [2.05, 4.69) is 9.97 Å². The summed E-state index contributed by atoms with van der Waals surface area (Å²) in [6.07, 6.45) is -3.69. The molecule has 4 nitrogen and oxygen atoms in total. The van der Waals surface area contributed by atoms with Crippen molar-refractivity contribution in [1.29, 1.82) is 0 Å². The van der Waals surface area contributed by atoms with Crippen molar-refractivity contribution in [3.63, 3.8) is 0 Å². The third kappa shape index (κ3) is 3.81. The van der Waals surface area contributed by atoms with Crippen LogP contribution in [0.5, 0.6) is 0 Å². The molecule has 0 fully saturated rings. The van der Waals surface area contributed by atoms with Crippen LogP contribution in [0.4, 0.5) is 13.2 Å². The molecule has 0 amide bonds. The first-order chi connectivity index (χ1) is 12.9. The second kappa shape index (κ2) is 6.94. The minimum atomic E-state index is -4.33. The molecule has 0 unspecified atom stereocenters. The van der Waals surface area contributed by atoms with Crippen LogP contribution in [-0.4, -0.2) is 21.4 Å². The van der Waals surface area contributed by atoms with Gasteiger partial charge in [-0.1, -0.05) is 18.2 Å². The third-order valence-electron chi connectivity index (χ3n) is 4.59. The maximum absolute atomic E-state index is 12.7. The van der Waals surface area contributed by atoms with E-state index in [0.29, 0.717) is 37.4 Å². The zero-order valence-electron chi connectivity index (χ0n) is 14.2. The van der Waals surface area contributed by atoms with Gasteiger partial charge in [0.15, 0.2) is 5.82 Å². The molecule has 4 rings (SSSR count). The molecule has 0 spiro atoms. The van der Waals surface area contributed by atoms with Gasteiger partial charge in [0, 0.05) is 26.1 Å². The minimum Gasteiger partial charge on any atom is -0.306 e. The van der Waals surface area contributed by atoms with Crippen molar-refractivity contribution >= 4 is 11.3 Å². The van der Waals surface area contributed by atoms with Gasteiger partial charge in [-0.05, 0) is 29.1 Å². The maximum Gasteiger partial charge on any atom is 0.416 e. The van der Waals surface area contributed by atoms with E-state index in [-0.39, 0.29) is 5.56 Å². The number of aromatic nitrogens is 2. The van der Waals surface area contributed by atoms with Crippen molar-refractivity contribution in [1.82, 2.24) is 14.9 Å². The number of thiophene rings is 1. The smallest absolute Gasteiger partial charge is 0.306 e. The molecule has 3 aromatic rings. The molecule has 0 saturated carbocycles. The number of rotatable bonds is 3. The van der Waals surface area contributed by atoms with Crippen molar-refractivity contribution in [2.75, 3.05) is 6.54 Å². The number of nitrogens with zero attached hydrogens (tertiary/aromatic N) is 2. The van der Waals surface area contributed by atoms with Crippen molar-refractivity contribution in [2.45, 2.75) is 25.7 Å². The Bertz CT molecular complexity index is 995. The SMILES string of the molecule is O=c1[nH]c(-c2cccs2)nc2c1CN(Cc1ccc(C(F)(F)F)cc1)CC2. The highest BCUT2D eigenvalue weighted by Gasteiger charge is 2.30. The number of hydrogen-bond donors (Lipinski definition) is 1. The summed E-state index contributed by atoms with van der Waals surface area (Å²) in [5, 5.41) is 1.93. The fraction of sp³-hybridized carbons (Fsp3) is 0.263. The lowest BCUT2D eigenvalue weighted by Crippen LogP contribution is -2.35. The Hall–Kier alpha value is -2.45. The number of H-pyrrole nitrogens is 1. The second-order valence-electron chi connectivity index (χ2n) is 6.47. The largest absolute Gasteiger partial charge is 0.416 e. The summed E-state index contributed by atoms with van der Waals surface area (Å²) >= 11 is 1.52. The molecule has 3 heterocycles. The van der Waals surface area contributed by atoms with Crippen LogP contribution < -0.4 is 5.56 Å². The van der Waals surface area contributed by atoms with Gasteiger partial charge in [-0.15, -0.1) is 11.3 Å². The summed E-state index contributed by atoms with van der Waals surface area (Å²) in [4.78, 5) is 22.9. The molecular formula is C19H16F3N3OS. The normalized spacial score (nSPS) is 14.9. The zero-order valence-corrected chi connectivity index (χ0v) is 15.0. The van der Waals surface area contributed by atoms with E-state index in [1.54, 1.807) is 0 Å². The lowest BCUT2D eigenvalue weighted by molar-refractivity contribution is -0.137. The first-order valence-electron chi connectivity index (χ1n) is 8.44. The number of hydrogen-bond acceptors (Lipinski definition) is 4. The highest BCUT2D eigenvalue weighted by atomic mass is 32.1. The van der Waals surface area contributed by atoms with Crippen LogP contribution >= 0.6 is 11.3 Å². The van der Waals surface area contributed by atoms with E-state index < -0.39 is 11.7 Å². The molecule has 27 heavy (non-hydrogen) atoms. The summed E-state index contributed by atoms with van der Waals surface area (Å²) < 4.78 is 38.0. The summed E-state index contributed by atoms with van der Waals surface area (Å²) in [7, 11) is 0. The zero-order chi connectivity index (χ0) is 19.0. The monoisotopic (exact) mass is 391 g/mol. The van der Waals surface area contributed by atoms with E-state index in [1.807, 2.05) is 22.4 Å². The summed E-state index contributed by atoms with van der Waals surface area (Å²) in [6.45, 7) is 1.63. The van der Waals surface area contributed by atoms with E-state index in [4.69, 9.17) is 0 Å². The Morgan fingerprint density at radius 2 is 1.96 bits per heavy atom. The van der Waals surface area contributed by atoms with Crippen molar-refractivity contribution in [3.05, 3.63) is 74.5 Å². The van der Waals surface area contributed by atoms with Gasteiger partial charge in [0.2, 0.25) is 0 Å². The Labute approximate surface area is 157 Å². The van der Waals surface area contributed by atoms with Gasteiger partial charge in [0.1, 0.15) is 0 Å². The fourth-order valence-corrected chi connectivity index (χ4v) is 3.87. The maximum atomic E-state index is 12.7. The van der Waals surface area contributed by atoms with Crippen molar-refractivity contribution in [3.8, 4) is 10.7 Å². The van der Waals surface area contributed by atoms with E-state index in [0.717, 1.165) is 28.3 Å². The topological polar surface area (TPSA) is 49.0 Å². The number of fused-ring (bicyclic) bond motifs is 1. The van der Waals surface area contributed by atoms with Gasteiger partial charge in [-0.3, -0.25) is 9.69 Å². The molecule has 0 radical (unpaired) electrons. The average molecular weight is 391 g/mol. The second-order valence-corrected chi connectivity index (χ2v) is 7.42. The summed E-state index contributed by atoms with van der Waals surface area (Å²) in [5.74, 6) is 0.588. The predicted octanol–water partition coefficient (Wildman–Crippen LogP) is 4.08. The van der Waals surface area contributed by atoms with Crippen molar-refractivity contribution < 1.29 is 13.2 Å². The molecule has 1 N–H and O–H groups in total. The number of benzene rings is 1. The minimum absolute atomic E-state index is 0.152. The number of aromatic amines is 1. The molecule has 1 aliphatic rings. The van der Waals surface area contributed by atoms with Crippen molar-refractivity contribution in [2.24, 2.45) is 0 Å². The quantitative estimate of drug-likeness (QED) is 0.732. The van der Waals surface area contributed by atoms with Gasteiger partial charge in [-0.25, -0.2) is 4.98 Å². The number of nitrogens with one attached hydrogen (secondary N) is 1. The highest BCUT2D eigenvalue weighted by Crippen LogP contribution is 2.29. The molecule has 8 heteroatoms. The van der Waals surface area contributed by atoms with Crippen LogP contribution in [-0.2, 0) is 25.7 Å². The first-order valence-corrected chi connectivity index (χ1v) is 9.32. The molecule has 0 atom stereocenters. The van der Waals surface area contributed by atoms with Gasteiger partial charge >= 0.3 is 6.18 Å². The Morgan fingerprint density at radius 3 is 2.63 bits per heavy atom. The molecular weight excluding hydrogens is 375 g/mol. The van der Waals surface area contributed by atoms with Gasteiger partial charge in [0.25, 0.3) is 5.56 Å². The fourth-order valence-electron chi connectivity index (χ4n) is 3.20. The summed E-state index contributed by atoms with van der Waals surface area (Å²) in [5.41, 5.74) is 1.41. The van der Waals surface area contributed by atoms with E-state index >= 15 is 0 Å². The first kappa shape index (κ1) is 17.9. The summed E-state index contributed by atoms with van der Waals surface area (Å²) in [6, 6.07) is 8.98.